The first-order valence-corrected chi connectivity index (χ1v) is 9.16. The molecule has 4 rings (SSSR count). The minimum atomic E-state index is -0.0453. The molecule has 1 aliphatic heterocycles. The summed E-state index contributed by atoms with van der Waals surface area (Å²) in [5.41, 5.74) is 2.48. The molecule has 6 heteroatoms. The first-order valence-electron chi connectivity index (χ1n) is 9.16. The Hall–Kier alpha value is -2.76. The molecular formula is C20H23N3O3. The molecule has 136 valence electrons. The fraction of sp³-hybridized carbons (Fsp3) is 0.400. The average molecular weight is 353 g/mol. The van der Waals surface area contributed by atoms with Crippen LogP contribution in [0.5, 0.6) is 11.5 Å². The molecule has 1 amide bonds. The summed E-state index contributed by atoms with van der Waals surface area (Å²) in [4.78, 5) is 16.7. The molecule has 2 aromatic rings. The van der Waals surface area contributed by atoms with Crippen LogP contribution in [-0.2, 0) is 6.54 Å². The van der Waals surface area contributed by atoms with Gasteiger partial charge in [-0.1, -0.05) is 25.3 Å². The Morgan fingerprint density at radius 3 is 2.81 bits per heavy atom. The summed E-state index contributed by atoms with van der Waals surface area (Å²) in [6.45, 7) is 0.889. The van der Waals surface area contributed by atoms with Crippen LogP contribution in [0, 0.1) is 0 Å². The number of amides is 1. The molecule has 2 aliphatic rings. The normalized spacial score (nSPS) is 16.3. The molecule has 1 fully saturated rings. The van der Waals surface area contributed by atoms with Gasteiger partial charge in [-0.2, -0.15) is 0 Å². The number of hydrogen-bond donors (Lipinski definition) is 2. The zero-order valence-electron chi connectivity index (χ0n) is 14.7. The summed E-state index contributed by atoms with van der Waals surface area (Å²) < 4.78 is 10.7. The van der Waals surface area contributed by atoms with E-state index in [1.165, 1.54) is 19.3 Å². The lowest BCUT2D eigenvalue weighted by Crippen LogP contribution is -2.36. The number of rotatable bonds is 5. The standard InChI is InChI=1S/C20H23N3O3/c24-20(23-16-4-2-1-3-5-16)15-9-17(12-21-11-15)22-10-14-6-7-18-19(8-14)26-13-25-18/h6-9,11-12,16,22H,1-5,10,13H2,(H,23,24). The number of hydrogen-bond acceptors (Lipinski definition) is 5. The van der Waals surface area contributed by atoms with Crippen molar-refractivity contribution in [3.8, 4) is 11.5 Å². The number of carbonyl (C=O) groups excluding carboxylic acids is 1. The summed E-state index contributed by atoms with van der Waals surface area (Å²) in [6, 6.07) is 8.00. The van der Waals surface area contributed by atoms with Crippen molar-refractivity contribution in [1.82, 2.24) is 10.3 Å². The summed E-state index contributed by atoms with van der Waals surface area (Å²) in [7, 11) is 0. The number of ether oxygens (including phenoxy) is 2. The van der Waals surface area contributed by atoms with Crippen LogP contribution in [0.1, 0.15) is 48.0 Å². The fourth-order valence-electron chi connectivity index (χ4n) is 3.43. The molecule has 0 saturated heterocycles. The van der Waals surface area contributed by atoms with Crippen LogP contribution in [-0.4, -0.2) is 23.7 Å². The Labute approximate surface area is 152 Å². The van der Waals surface area contributed by atoms with E-state index in [0.29, 0.717) is 18.2 Å². The molecule has 0 atom stereocenters. The number of nitrogens with zero attached hydrogens (tertiary/aromatic N) is 1. The van der Waals surface area contributed by atoms with Gasteiger partial charge in [-0.3, -0.25) is 9.78 Å². The first-order chi connectivity index (χ1) is 12.8. The summed E-state index contributed by atoms with van der Waals surface area (Å²) in [5, 5.41) is 6.44. The summed E-state index contributed by atoms with van der Waals surface area (Å²) in [5.74, 6) is 1.50. The van der Waals surface area contributed by atoms with E-state index in [-0.39, 0.29) is 12.7 Å². The molecule has 1 aliphatic carbocycles. The molecule has 0 spiro atoms. The molecule has 0 unspecified atom stereocenters. The SMILES string of the molecule is O=C(NC1CCCCC1)c1cncc(NCc2ccc3c(c2)OCO3)c1. The third-order valence-corrected chi connectivity index (χ3v) is 4.87. The lowest BCUT2D eigenvalue weighted by atomic mass is 9.95. The van der Waals surface area contributed by atoms with Gasteiger partial charge in [-0.05, 0) is 36.6 Å². The van der Waals surface area contributed by atoms with Crippen molar-refractivity contribution in [3.05, 3.63) is 47.8 Å². The van der Waals surface area contributed by atoms with E-state index in [0.717, 1.165) is 35.6 Å². The minimum Gasteiger partial charge on any atom is -0.454 e. The predicted molar refractivity (Wildman–Crippen MR) is 98.5 cm³/mol. The van der Waals surface area contributed by atoms with Crippen LogP contribution in [0.2, 0.25) is 0 Å². The van der Waals surface area contributed by atoms with Crippen LogP contribution in [0.15, 0.2) is 36.7 Å². The van der Waals surface area contributed by atoms with Gasteiger partial charge in [-0.15, -0.1) is 0 Å². The van der Waals surface area contributed by atoms with Crippen molar-refractivity contribution in [3.63, 3.8) is 0 Å². The summed E-state index contributed by atoms with van der Waals surface area (Å²) in [6.07, 6.45) is 9.14. The molecule has 6 nitrogen and oxygen atoms in total. The Bertz CT molecular complexity index is 788. The van der Waals surface area contributed by atoms with Crippen LogP contribution in [0.25, 0.3) is 0 Å². The van der Waals surface area contributed by atoms with Crippen molar-refractivity contribution in [2.24, 2.45) is 0 Å². The van der Waals surface area contributed by atoms with E-state index in [2.05, 4.69) is 15.6 Å². The van der Waals surface area contributed by atoms with Crippen LogP contribution >= 0.6 is 0 Å². The third-order valence-electron chi connectivity index (χ3n) is 4.87. The number of pyridine rings is 1. The highest BCUT2D eigenvalue weighted by Gasteiger charge is 2.17. The largest absolute Gasteiger partial charge is 0.454 e. The van der Waals surface area contributed by atoms with Crippen LogP contribution < -0.4 is 20.1 Å². The second-order valence-corrected chi connectivity index (χ2v) is 6.81. The molecule has 1 aromatic carbocycles. The third kappa shape index (κ3) is 3.90. The van der Waals surface area contributed by atoms with Crippen molar-refractivity contribution in [2.45, 2.75) is 44.7 Å². The highest BCUT2D eigenvalue weighted by molar-refractivity contribution is 5.94. The molecule has 2 N–H and O–H groups in total. The van der Waals surface area contributed by atoms with E-state index in [1.54, 1.807) is 12.4 Å². The maximum absolute atomic E-state index is 12.5. The maximum Gasteiger partial charge on any atom is 0.253 e. The van der Waals surface area contributed by atoms with Gasteiger partial charge in [-0.25, -0.2) is 0 Å². The molecule has 0 radical (unpaired) electrons. The van der Waals surface area contributed by atoms with Crippen molar-refractivity contribution in [2.75, 3.05) is 12.1 Å². The zero-order chi connectivity index (χ0) is 17.8. The Morgan fingerprint density at radius 1 is 1.08 bits per heavy atom. The molecule has 1 saturated carbocycles. The fourth-order valence-corrected chi connectivity index (χ4v) is 3.43. The quantitative estimate of drug-likeness (QED) is 0.861. The number of nitrogens with one attached hydrogen (secondary N) is 2. The second-order valence-electron chi connectivity index (χ2n) is 6.81. The molecular weight excluding hydrogens is 330 g/mol. The highest BCUT2D eigenvalue weighted by Crippen LogP contribution is 2.32. The highest BCUT2D eigenvalue weighted by atomic mass is 16.7. The average Bonchev–Trinajstić information content (AvgIpc) is 3.15. The number of fused-ring (bicyclic) bond motifs is 1. The van der Waals surface area contributed by atoms with Gasteiger partial charge in [0, 0.05) is 25.0 Å². The zero-order valence-corrected chi connectivity index (χ0v) is 14.7. The minimum absolute atomic E-state index is 0.0453. The Balaban J connectivity index is 1.37. The topological polar surface area (TPSA) is 72.5 Å². The van der Waals surface area contributed by atoms with Crippen LogP contribution in [0.3, 0.4) is 0 Å². The van der Waals surface area contributed by atoms with Gasteiger partial charge in [0.1, 0.15) is 0 Å². The molecule has 0 bridgehead atoms. The maximum atomic E-state index is 12.5. The monoisotopic (exact) mass is 353 g/mol. The van der Waals surface area contributed by atoms with E-state index in [4.69, 9.17) is 9.47 Å². The molecule has 2 heterocycles. The predicted octanol–water partition coefficient (Wildman–Crippen LogP) is 3.48. The second kappa shape index (κ2) is 7.64. The van der Waals surface area contributed by atoms with Gasteiger partial charge < -0.3 is 20.1 Å². The van der Waals surface area contributed by atoms with Gasteiger partial charge in [0.05, 0.1) is 11.3 Å². The van der Waals surface area contributed by atoms with Gasteiger partial charge in [0.15, 0.2) is 11.5 Å². The first kappa shape index (κ1) is 16.7. The van der Waals surface area contributed by atoms with Crippen molar-refractivity contribution >= 4 is 11.6 Å². The van der Waals surface area contributed by atoms with Crippen LogP contribution in [0.4, 0.5) is 5.69 Å². The number of aromatic nitrogens is 1. The lowest BCUT2D eigenvalue weighted by Gasteiger charge is -2.22. The van der Waals surface area contributed by atoms with Crippen molar-refractivity contribution < 1.29 is 14.3 Å². The molecule has 1 aromatic heterocycles. The van der Waals surface area contributed by atoms with E-state index < -0.39 is 0 Å². The molecule has 26 heavy (non-hydrogen) atoms. The number of carbonyl (C=O) groups is 1. The van der Waals surface area contributed by atoms with Gasteiger partial charge in [0.2, 0.25) is 6.79 Å². The smallest absolute Gasteiger partial charge is 0.253 e. The van der Waals surface area contributed by atoms with Gasteiger partial charge >= 0.3 is 0 Å². The number of benzene rings is 1. The Morgan fingerprint density at radius 2 is 1.92 bits per heavy atom. The van der Waals surface area contributed by atoms with E-state index in [9.17, 15) is 4.79 Å². The van der Waals surface area contributed by atoms with Gasteiger partial charge in [0.25, 0.3) is 5.91 Å². The van der Waals surface area contributed by atoms with E-state index in [1.807, 2.05) is 24.3 Å². The number of anilines is 1. The lowest BCUT2D eigenvalue weighted by molar-refractivity contribution is 0.0927. The summed E-state index contributed by atoms with van der Waals surface area (Å²) >= 11 is 0. The van der Waals surface area contributed by atoms with Crippen molar-refractivity contribution in [1.29, 1.82) is 0 Å². The van der Waals surface area contributed by atoms with E-state index >= 15 is 0 Å². The Kier molecular flexibility index (Phi) is 4.91.